The van der Waals surface area contributed by atoms with Crippen molar-refractivity contribution < 1.29 is 17.9 Å². The van der Waals surface area contributed by atoms with Gasteiger partial charge in [0, 0.05) is 0 Å². The molecule has 0 aromatic heterocycles. The molecule has 0 bridgehead atoms. The SMILES string of the molecule is CC[C@@H](NC(=O)[C@H](C)N(c1ccc(C)c(C)c1)S(C)(=O)=O)c1ccc(OC)cc1. The van der Waals surface area contributed by atoms with E-state index in [9.17, 15) is 13.2 Å². The number of nitrogens with zero attached hydrogens (tertiary/aromatic N) is 1. The summed E-state index contributed by atoms with van der Waals surface area (Å²) < 4.78 is 31.4. The fourth-order valence-corrected chi connectivity index (χ4v) is 4.39. The molecule has 2 aromatic carbocycles. The third-order valence-electron chi connectivity index (χ3n) is 5.08. The van der Waals surface area contributed by atoms with E-state index in [4.69, 9.17) is 4.74 Å². The molecule has 7 heteroatoms. The predicted molar refractivity (Wildman–Crippen MR) is 117 cm³/mol. The van der Waals surface area contributed by atoms with Crippen LogP contribution in [0.25, 0.3) is 0 Å². The van der Waals surface area contributed by atoms with Gasteiger partial charge in [0.05, 0.1) is 25.1 Å². The van der Waals surface area contributed by atoms with Crippen molar-refractivity contribution >= 4 is 21.6 Å². The van der Waals surface area contributed by atoms with Gasteiger partial charge in [-0.15, -0.1) is 0 Å². The zero-order valence-electron chi connectivity index (χ0n) is 17.9. The number of aryl methyl sites for hydroxylation is 2. The first-order valence-corrected chi connectivity index (χ1v) is 11.4. The van der Waals surface area contributed by atoms with Crippen molar-refractivity contribution in [2.75, 3.05) is 17.7 Å². The molecule has 1 N–H and O–H groups in total. The molecule has 0 aliphatic heterocycles. The first-order valence-electron chi connectivity index (χ1n) is 9.59. The molecule has 29 heavy (non-hydrogen) atoms. The monoisotopic (exact) mass is 418 g/mol. The lowest BCUT2D eigenvalue weighted by atomic mass is 10.0. The van der Waals surface area contributed by atoms with Crippen molar-refractivity contribution in [1.82, 2.24) is 5.32 Å². The van der Waals surface area contributed by atoms with Crippen LogP contribution in [0.5, 0.6) is 5.75 Å². The number of benzene rings is 2. The smallest absolute Gasteiger partial charge is 0.244 e. The van der Waals surface area contributed by atoms with Crippen molar-refractivity contribution in [3.05, 3.63) is 59.2 Å². The lowest BCUT2D eigenvalue weighted by Crippen LogP contribution is -2.48. The molecule has 0 heterocycles. The molecule has 0 unspecified atom stereocenters. The Morgan fingerprint density at radius 3 is 2.21 bits per heavy atom. The molecule has 0 radical (unpaired) electrons. The maximum atomic E-state index is 13.0. The maximum absolute atomic E-state index is 13.0. The van der Waals surface area contributed by atoms with Crippen LogP contribution in [0.3, 0.4) is 0 Å². The summed E-state index contributed by atoms with van der Waals surface area (Å²) in [5.74, 6) is 0.387. The molecule has 0 saturated heterocycles. The summed E-state index contributed by atoms with van der Waals surface area (Å²) in [5.41, 5.74) is 3.44. The second kappa shape index (κ2) is 9.31. The Kier molecular flexibility index (Phi) is 7.30. The summed E-state index contributed by atoms with van der Waals surface area (Å²) in [6.07, 6.45) is 1.79. The molecule has 6 nitrogen and oxygen atoms in total. The normalized spacial score (nSPS) is 13.4. The Hall–Kier alpha value is -2.54. The van der Waals surface area contributed by atoms with E-state index in [1.165, 1.54) is 4.31 Å². The van der Waals surface area contributed by atoms with Gasteiger partial charge >= 0.3 is 0 Å². The average Bonchev–Trinajstić information content (AvgIpc) is 2.67. The maximum Gasteiger partial charge on any atom is 0.244 e. The third kappa shape index (κ3) is 5.50. The molecule has 158 valence electrons. The van der Waals surface area contributed by atoms with Crippen LogP contribution in [0, 0.1) is 13.8 Å². The van der Waals surface area contributed by atoms with Gasteiger partial charge in [-0.2, -0.15) is 0 Å². The van der Waals surface area contributed by atoms with Crippen LogP contribution in [0.4, 0.5) is 5.69 Å². The van der Waals surface area contributed by atoms with Gasteiger partial charge in [0.15, 0.2) is 0 Å². The van der Waals surface area contributed by atoms with Gasteiger partial charge in [-0.1, -0.05) is 25.1 Å². The Bertz CT molecular complexity index is 955. The van der Waals surface area contributed by atoms with Crippen LogP contribution in [-0.4, -0.2) is 33.7 Å². The second-order valence-electron chi connectivity index (χ2n) is 7.25. The van der Waals surface area contributed by atoms with Gasteiger partial charge in [-0.25, -0.2) is 8.42 Å². The number of ether oxygens (including phenoxy) is 1. The molecule has 2 aromatic rings. The highest BCUT2D eigenvalue weighted by Gasteiger charge is 2.30. The van der Waals surface area contributed by atoms with E-state index < -0.39 is 16.1 Å². The highest BCUT2D eigenvalue weighted by Crippen LogP contribution is 2.25. The zero-order valence-corrected chi connectivity index (χ0v) is 18.7. The lowest BCUT2D eigenvalue weighted by Gasteiger charge is -2.30. The number of rotatable bonds is 8. The Balaban J connectivity index is 2.28. The Labute approximate surface area is 173 Å². The second-order valence-corrected chi connectivity index (χ2v) is 9.11. The zero-order chi connectivity index (χ0) is 21.8. The van der Waals surface area contributed by atoms with Gasteiger partial charge in [0.25, 0.3) is 0 Å². The van der Waals surface area contributed by atoms with Crippen molar-refractivity contribution in [3.8, 4) is 5.75 Å². The Morgan fingerprint density at radius 2 is 1.72 bits per heavy atom. The third-order valence-corrected chi connectivity index (χ3v) is 6.32. The first kappa shape index (κ1) is 22.7. The summed E-state index contributed by atoms with van der Waals surface area (Å²) in [7, 11) is -2.05. The van der Waals surface area contributed by atoms with E-state index in [2.05, 4.69) is 5.32 Å². The number of anilines is 1. The number of amides is 1. The van der Waals surface area contributed by atoms with Crippen LogP contribution in [0.2, 0.25) is 0 Å². The first-order chi connectivity index (χ1) is 13.6. The molecule has 0 fully saturated rings. The molecule has 0 aliphatic rings. The van der Waals surface area contributed by atoms with Crippen LogP contribution in [-0.2, 0) is 14.8 Å². The van der Waals surface area contributed by atoms with Crippen LogP contribution >= 0.6 is 0 Å². The average molecular weight is 419 g/mol. The number of methoxy groups -OCH3 is 1. The highest BCUT2D eigenvalue weighted by molar-refractivity contribution is 7.92. The quantitative estimate of drug-likeness (QED) is 0.709. The Morgan fingerprint density at radius 1 is 1.10 bits per heavy atom. The number of carbonyl (C=O) groups excluding carboxylic acids is 1. The van der Waals surface area contributed by atoms with Crippen LogP contribution < -0.4 is 14.4 Å². The van der Waals surface area contributed by atoms with E-state index in [0.29, 0.717) is 12.1 Å². The largest absolute Gasteiger partial charge is 0.497 e. The van der Waals surface area contributed by atoms with Gasteiger partial charge in [-0.3, -0.25) is 9.10 Å². The van der Waals surface area contributed by atoms with Crippen LogP contribution in [0.15, 0.2) is 42.5 Å². The molecule has 0 spiro atoms. The van der Waals surface area contributed by atoms with Gasteiger partial charge in [0.1, 0.15) is 11.8 Å². The fourth-order valence-electron chi connectivity index (χ4n) is 3.22. The fraction of sp³-hybridized carbons (Fsp3) is 0.409. The van der Waals surface area contributed by atoms with E-state index in [-0.39, 0.29) is 11.9 Å². The molecular weight excluding hydrogens is 388 g/mol. The number of hydrogen-bond acceptors (Lipinski definition) is 4. The van der Waals surface area contributed by atoms with E-state index in [1.807, 2.05) is 51.1 Å². The molecule has 1 amide bonds. The molecule has 2 rings (SSSR count). The minimum atomic E-state index is -3.65. The molecule has 0 aliphatic carbocycles. The highest BCUT2D eigenvalue weighted by atomic mass is 32.2. The number of sulfonamides is 1. The minimum absolute atomic E-state index is 0.225. The van der Waals surface area contributed by atoms with Crippen molar-refractivity contribution in [2.45, 2.75) is 46.2 Å². The van der Waals surface area contributed by atoms with Gasteiger partial charge in [0.2, 0.25) is 15.9 Å². The summed E-state index contributed by atoms with van der Waals surface area (Å²) in [5, 5.41) is 2.98. The molecule has 0 saturated carbocycles. The summed E-state index contributed by atoms with van der Waals surface area (Å²) >= 11 is 0. The van der Waals surface area contributed by atoms with Gasteiger partial charge in [-0.05, 0) is 68.1 Å². The minimum Gasteiger partial charge on any atom is -0.497 e. The number of nitrogens with one attached hydrogen (secondary N) is 1. The van der Waals surface area contributed by atoms with E-state index >= 15 is 0 Å². The number of hydrogen-bond donors (Lipinski definition) is 1. The van der Waals surface area contributed by atoms with Crippen molar-refractivity contribution in [3.63, 3.8) is 0 Å². The standard InChI is InChI=1S/C22H30N2O4S/c1-7-21(18-9-12-20(28-5)13-10-18)23-22(25)17(4)24(29(6,26)27)19-11-8-15(2)16(3)14-19/h8-14,17,21H,7H2,1-6H3,(H,23,25)/t17-,21+/m0/s1. The molecular formula is C22H30N2O4S. The van der Waals surface area contributed by atoms with Crippen molar-refractivity contribution in [2.24, 2.45) is 0 Å². The topological polar surface area (TPSA) is 75.7 Å². The summed E-state index contributed by atoms with van der Waals surface area (Å²) in [6, 6.07) is 11.7. The summed E-state index contributed by atoms with van der Waals surface area (Å²) in [6.45, 7) is 7.45. The van der Waals surface area contributed by atoms with Gasteiger partial charge < -0.3 is 10.1 Å². The van der Waals surface area contributed by atoms with E-state index in [1.54, 1.807) is 26.2 Å². The van der Waals surface area contributed by atoms with E-state index in [0.717, 1.165) is 28.7 Å². The van der Waals surface area contributed by atoms with Crippen LogP contribution in [0.1, 0.15) is 43.0 Å². The number of carbonyl (C=O) groups is 1. The molecule has 2 atom stereocenters. The predicted octanol–water partition coefficient (Wildman–Crippen LogP) is 3.73. The lowest BCUT2D eigenvalue weighted by molar-refractivity contribution is -0.122. The summed E-state index contributed by atoms with van der Waals surface area (Å²) in [4.78, 5) is 13.0. The van der Waals surface area contributed by atoms with Crippen molar-refractivity contribution in [1.29, 1.82) is 0 Å².